The molecule has 1 fully saturated rings. The molecule has 4 rings (SSSR count). The predicted octanol–water partition coefficient (Wildman–Crippen LogP) is 3.30. The van der Waals surface area contributed by atoms with E-state index >= 15 is 0 Å². The van der Waals surface area contributed by atoms with Gasteiger partial charge in [-0.05, 0) is 43.3 Å². The second-order valence-electron chi connectivity index (χ2n) is 6.82. The molecule has 138 valence electrons. The summed E-state index contributed by atoms with van der Waals surface area (Å²) in [7, 11) is 1.65. The van der Waals surface area contributed by atoms with Crippen LogP contribution in [0.1, 0.15) is 29.6 Å². The van der Waals surface area contributed by atoms with Gasteiger partial charge in [-0.3, -0.25) is 9.78 Å². The average Bonchev–Trinajstić information content (AvgIpc) is 3.26. The number of hydrogen-bond donors (Lipinski definition) is 1. The lowest BCUT2D eigenvalue weighted by Crippen LogP contribution is -2.24. The Hall–Kier alpha value is -3.15. The topological polar surface area (TPSA) is 71.1 Å². The van der Waals surface area contributed by atoms with Crippen molar-refractivity contribution >= 4 is 5.91 Å². The second kappa shape index (κ2) is 7.23. The molecular formula is C21H22N4O2. The summed E-state index contributed by atoms with van der Waals surface area (Å²) in [4.78, 5) is 26.8. The van der Waals surface area contributed by atoms with Crippen LogP contribution in [0.15, 0.2) is 48.7 Å². The number of amides is 1. The number of nitrogens with zero attached hydrogens (tertiary/aromatic N) is 3. The largest absolute Gasteiger partial charge is 0.497 e. The predicted molar refractivity (Wildman–Crippen MR) is 102 cm³/mol. The van der Waals surface area contributed by atoms with Crippen molar-refractivity contribution in [2.45, 2.75) is 25.8 Å². The Balaban J connectivity index is 1.51. The summed E-state index contributed by atoms with van der Waals surface area (Å²) in [5.41, 5.74) is 3.86. The molecule has 0 bridgehead atoms. The van der Waals surface area contributed by atoms with Crippen LogP contribution in [0.4, 0.5) is 0 Å². The summed E-state index contributed by atoms with van der Waals surface area (Å²) in [6, 6.07) is 13.6. The summed E-state index contributed by atoms with van der Waals surface area (Å²) < 4.78 is 5.22. The Kier molecular flexibility index (Phi) is 4.62. The fourth-order valence-corrected chi connectivity index (χ4v) is 3.50. The van der Waals surface area contributed by atoms with Crippen LogP contribution < -0.4 is 4.74 Å². The molecule has 0 spiro atoms. The number of nitrogens with one attached hydrogen (secondary N) is 1. The van der Waals surface area contributed by atoms with E-state index in [1.165, 1.54) is 0 Å². The van der Waals surface area contributed by atoms with Crippen LogP contribution in [-0.2, 0) is 11.3 Å². The van der Waals surface area contributed by atoms with Crippen LogP contribution in [0.5, 0.6) is 5.75 Å². The monoisotopic (exact) mass is 362 g/mol. The number of imidazole rings is 1. The van der Waals surface area contributed by atoms with Gasteiger partial charge in [0.1, 0.15) is 11.6 Å². The van der Waals surface area contributed by atoms with E-state index in [4.69, 9.17) is 9.72 Å². The zero-order valence-electron chi connectivity index (χ0n) is 15.5. The Morgan fingerprint density at radius 2 is 2.04 bits per heavy atom. The number of pyridine rings is 1. The zero-order valence-corrected chi connectivity index (χ0v) is 15.5. The number of likely N-dealkylation sites (tertiary alicyclic amines) is 1. The third-order valence-electron chi connectivity index (χ3n) is 4.95. The fourth-order valence-electron chi connectivity index (χ4n) is 3.50. The minimum Gasteiger partial charge on any atom is -0.497 e. The molecule has 1 saturated heterocycles. The van der Waals surface area contributed by atoms with Gasteiger partial charge in [-0.1, -0.05) is 6.07 Å². The summed E-state index contributed by atoms with van der Waals surface area (Å²) in [6.07, 6.45) is 2.23. The van der Waals surface area contributed by atoms with Crippen LogP contribution in [0.2, 0.25) is 0 Å². The van der Waals surface area contributed by atoms with Crippen molar-refractivity contribution in [2.24, 2.45) is 0 Å². The van der Waals surface area contributed by atoms with Crippen LogP contribution in [0.25, 0.3) is 11.3 Å². The first-order valence-electron chi connectivity index (χ1n) is 9.02. The van der Waals surface area contributed by atoms with Crippen molar-refractivity contribution in [3.8, 4) is 17.0 Å². The molecule has 1 aliphatic heterocycles. The first-order valence-corrected chi connectivity index (χ1v) is 9.02. The minimum atomic E-state index is 0.0758. The smallest absolute Gasteiger partial charge is 0.223 e. The van der Waals surface area contributed by atoms with Gasteiger partial charge in [-0.25, -0.2) is 4.98 Å². The van der Waals surface area contributed by atoms with E-state index in [9.17, 15) is 4.79 Å². The van der Waals surface area contributed by atoms with Crippen molar-refractivity contribution in [1.82, 2.24) is 19.9 Å². The third-order valence-corrected chi connectivity index (χ3v) is 4.95. The number of ether oxygens (including phenoxy) is 1. The van der Waals surface area contributed by atoms with E-state index in [1.54, 1.807) is 13.3 Å². The lowest BCUT2D eigenvalue weighted by atomic mass is 10.1. The molecule has 0 saturated carbocycles. The quantitative estimate of drug-likeness (QED) is 0.756. The van der Waals surface area contributed by atoms with E-state index in [1.807, 2.05) is 54.3 Å². The fraction of sp³-hybridized carbons (Fsp3) is 0.286. The molecule has 1 amide bonds. The van der Waals surface area contributed by atoms with Crippen LogP contribution in [0.3, 0.4) is 0 Å². The average molecular weight is 362 g/mol. The summed E-state index contributed by atoms with van der Waals surface area (Å²) in [6.45, 7) is 3.21. The maximum absolute atomic E-state index is 12.4. The minimum absolute atomic E-state index is 0.0758. The third kappa shape index (κ3) is 3.56. The van der Waals surface area contributed by atoms with Crippen molar-refractivity contribution < 1.29 is 9.53 Å². The van der Waals surface area contributed by atoms with Gasteiger partial charge < -0.3 is 14.6 Å². The molecule has 3 heterocycles. The van der Waals surface area contributed by atoms with Gasteiger partial charge in [-0.2, -0.15) is 0 Å². The Labute approximate surface area is 158 Å². The number of aryl methyl sites for hydroxylation is 1. The molecule has 1 aliphatic rings. The highest BCUT2D eigenvalue weighted by atomic mass is 16.5. The first kappa shape index (κ1) is 17.3. The molecular weight excluding hydrogens is 340 g/mol. The number of carbonyl (C=O) groups is 1. The standard InChI is InChI=1S/C21H22N4O2/c1-14-20(15-6-8-18(27-2)9-7-15)24-21(23-14)16-11-19(26)25(12-16)13-17-5-3-4-10-22-17/h3-10,16H,11-13H2,1-2H3,(H,23,24)/t16-/m0/s1. The number of H-pyrrole nitrogens is 1. The summed E-state index contributed by atoms with van der Waals surface area (Å²) in [5.74, 6) is 1.91. The molecule has 0 radical (unpaired) electrons. The molecule has 6 nitrogen and oxygen atoms in total. The number of rotatable bonds is 5. The maximum atomic E-state index is 12.4. The molecule has 3 aromatic rings. The Morgan fingerprint density at radius 3 is 2.74 bits per heavy atom. The van der Waals surface area contributed by atoms with Crippen molar-refractivity contribution in [2.75, 3.05) is 13.7 Å². The van der Waals surface area contributed by atoms with Crippen LogP contribution in [-0.4, -0.2) is 39.4 Å². The van der Waals surface area contributed by atoms with Gasteiger partial charge in [0.05, 0.1) is 25.0 Å². The normalized spacial score (nSPS) is 16.7. The molecule has 1 atom stereocenters. The number of benzene rings is 1. The first-order chi connectivity index (χ1) is 13.1. The Bertz CT molecular complexity index is 935. The van der Waals surface area contributed by atoms with Gasteiger partial charge in [0, 0.05) is 36.3 Å². The second-order valence-corrected chi connectivity index (χ2v) is 6.82. The number of methoxy groups -OCH3 is 1. The van der Waals surface area contributed by atoms with Crippen LogP contribution >= 0.6 is 0 Å². The summed E-state index contributed by atoms with van der Waals surface area (Å²) >= 11 is 0. The molecule has 1 N–H and O–H groups in total. The highest BCUT2D eigenvalue weighted by Crippen LogP contribution is 2.31. The van der Waals surface area contributed by atoms with Crippen molar-refractivity contribution in [3.05, 3.63) is 65.9 Å². The van der Waals surface area contributed by atoms with Crippen LogP contribution in [0, 0.1) is 6.92 Å². The van der Waals surface area contributed by atoms with Gasteiger partial charge in [0.2, 0.25) is 5.91 Å². The molecule has 1 aromatic carbocycles. The van der Waals surface area contributed by atoms with Crippen molar-refractivity contribution in [3.63, 3.8) is 0 Å². The Morgan fingerprint density at radius 1 is 1.22 bits per heavy atom. The number of aromatic nitrogens is 3. The van der Waals surface area contributed by atoms with Gasteiger partial charge in [-0.15, -0.1) is 0 Å². The van der Waals surface area contributed by atoms with E-state index in [2.05, 4.69) is 9.97 Å². The van der Waals surface area contributed by atoms with Gasteiger partial charge in [0.15, 0.2) is 0 Å². The lowest BCUT2D eigenvalue weighted by molar-refractivity contribution is -0.128. The van der Waals surface area contributed by atoms with Gasteiger partial charge in [0.25, 0.3) is 0 Å². The highest BCUT2D eigenvalue weighted by molar-refractivity contribution is 5.79. The van der Waals surface area contributed by atoms with Gasteiger partial charge >= 0.3 is 0 Å². The van der Waals surface area contributed by atoms with E-state index in [0.717, 1.165) is 34.2 Å². The van der Waals surface area contributed by atoms with E-state index in [-0.39, 0.29) is 11.8 Å². The molecule has 2 aromatic heterocycles. The zero-order chi connectivity index (χ0) is 18.8. The lowest BCUT2D eigenvalue weighted by Gasteiger charge is -2.15. The number of aromatic amines is 1. The van der Waals surface area contributed by atoms with Crippen molar-refractivity contribution in [1.29, 1.82) is 0 Å². The molecule has 0 aliphatic carbocycles. The van der Waals surface area contributed by atoms with E-state index in [0.29, 0.717) is 19.5 Å². The molecule has 6 heteroatoms. The highest BCUT2D eigenvalue weighted by Gasteiger charge is 2.33. The SMILES string of the molecule is COc1ccc(-c2nc([C@H]3CC(=O)N(Cc4ccccn4)C3)[nH]c2C)cc1. The van der Waals surface area contributed by atoms with E-state index < -0.39 is 0 Å². The molecule has 27 heavy (non-hydrogen) atoms. The molecule has 0 unspecified atom stereocenters. The maximum Gasteiger partial charge on any atom is 0.223 e. The number of hydrogen-bond acceptors (Lipinski definition) is 4. The summed E-state index contributed by atoms with van der Waals surface area (Å²) in [5, 5.41) is 0. The number of carbonyl (C=O) groups excluding carboxylic acids is 1.